The summed E-state index contributed by atoms with van der Waals surface area (Å²) < 4.78 is 5.07. The van der Waals surface area contributed by atoms with Crippen molar-refractivity contribution in [2.75, 3.05) is 66.1 Å². The zero-order valence-corrected chi connectivity index (χ0v) is 13.9. The van der Waals surface area contributed by atoms with Crippen LogP contribution in [0.5, 0.6) is 0 Å². The summed E-state index contributed by atoms with van der Waals surface area (Å²) in [5.41, 5.74) is 0. The van der Waals surface area contributed by atoms with Crippen LogP contribution < -0.4 is 0 Å². The van der Waals surface area contributed by atoms with E-state index < -0.39 is 0 Å². The van der Waals surface area contributed by atoms with Gasteiger partial charge in [-0.1, -0.05) is 0 Å². The summed E-state index contributed by atoms with van der Waals surface area (Å²) in [6.07, 6.45) is 3.86. The second-order valence-electron chi connectivity index (χ2n) is 6.45. The van der Waals surface area contributed by atoms with Gasteiger partial charge in [-0.15, -0.1) is 0 Å². The average Bonchev–Trinajstić information content (AvgIpc) is 2.52. The maximum atomic E-state index is 12.3. The Hall–Kier alpha value is -0.690. The molecule has 6 nitrogen and oxygen atoms in total. The summed E-state index contributed by atoms with van der Waals surface area (Å²) in [4.78, 5) is 18.9. The second-order valence-corrected chi connectivity index (χ2v) is 6.45. The molecule has 22 heavy (non-hydrogen) atoms. The van der Waals surface area contributed by atoms with Crippen molar-refractivity contribution in [3.8, 4) is 0 Å². The van der Waals surface area contributed by atoms with Crippen LogP contribution >= 0.6 is 0 Å². The van der Waals surface area contributed by atoms with Crippen LogP contribution in [0.1, 0.15) is 25.7 Å². The molecule has 0 saturated carbocycles. The fourth-order valence-electron chi connectivity index (χ4n) is 3.27. The van der Waals surface area contributed by atoms with Crippen LogP contribution in [0.25, 0.3) is 0 Å². The van der Waals surface area contributed by atoms with Gasteiger partial charge in [0.25, 0.3) is 0 Å². The molecule has 2 fully saturated rings. The third kappa shape index (κ3) is 5.83. The molecule has 1 atom stereocenters. The normalized spacial score (nSPS) is 24.6. The summed E-state index contributed by atoms with van der Waals surface area (Å²) in [6, 6.07) is 0. The fraction of sp³-hybridized carbons (Fsp3) is 0.938. The lowest BCUT2D eigenvalue weighted by Gasteiger charge is -2.36. The summed E-state index contributed by atoms with van der Waals surface area (Å²) in [5, 5.41) is 9.68. The zero-order chi connectivity index (χ0) is 15.8. The second kappa shape index (κ2) is 9.45. The number of hydrogen-bond acceptors (Lipinski definition) is 5. The number of carbonyl (C=O) groups excluding carboxylic acids is 1. The Labute approximate surface area is 134 Å². The minimum atomic E-state index is -0.259. The number of unbranched alkanes of at least 4 members (excludes halogenated alkanes) is 1. The van der Waals surface area contributed by atoms with E-state index >= 15 is 0 Å². The minimum Gasteiger partial charge on any atom is -0.392 e. The molecule has 128 valence electrons. The number of hydrogen-bond donors (Lipinski definition) is 1. The van der Waals surface area contributed by atoms with E-state index in [9.17, 15) is 9.90 Å². The molecule has 0 aromatic heterocycles. The molecule has 0 bridgehead atoms. The van der Waals surface area contributed by atoms with Crippen molar-refractivity contribution in [2.24, 2.45) is 0 Å². The van der Waals surface area contributed by atoms with Crippen molar-refractivity contribution < 1.29 is 14.6 Å². The van der Waals surface area contributed by atoms with E-state index in [1.54, 1.807) is 7.11 Å². The van der Waals surface area contributed by atoms with Gasteiger partial charge in [-0.3, -0.25) is 14.6 Å². The standard InChI is InChI=1S/C16H31N3O3/c1-22-12-3-2-6-17-8-10-19(11-9-17)16(21)14-18-7-4-5-15(20)13-18/h15,20H,2-14H2,1H3/t15-/m1/s1. The van der Waals surface area contributed by atoms with E-state index in [-0.39, 0.29) is 12.0 Å². The van der Waals surface area contributed by atoms with Crippen LogP contribution in [0.4, 0.5) is 0 Å². The molecular formula is C16H31N3O3. The van der Waals surface area contributed by atoms with E-state index in [1.807, 2.05) is 4.90 Å². The van der Waals surface area contributed by atoms with Crippen LogP contribution in [-0.2, 0) is 9.53 Å². The van der Waals surface area contributed by atoms with Gasteiger partial charge in [-0.05, 0) is 38.8 Å². The first kappa shape index (κ1) is 17.7. The van der Waals surface area contributed by atoms with Gasteiger partial charge in [0.1, 0.15) is 0 Å². The van der Waals surface area contributed by atoms with Crippen LogP contribution in [0.3, 0.4) is 0 Å². The number of nitrogens with zero attached hydrogens (tertiary/aromatic N) is 3. The molecule has 1 N–H and O–H groups in total. The van der Waals surface area contributed by atoms with Crippen molar-refractivity contribution in [1.82, 2.24) is 14.7 Å². The lowest BCUT2D eigenvalue weighted by Crippen LogP contribution is -2.52. The number of likely N-dealkylation sites (tertiary alicyclic amines) is 1. The topological polar surface area (TPSA) is 56.2 Å². The molecule has 0 aliphatic carbocycles. The van der Waals surface area contributed by atoms with Gasteiger partial charge < -0.3 is 14.7 Å². The molecule has 0 unspecified atom stereocenters. The van der Waals surface area contributed by atoms with Crippen molar-refractivity contribution in [2.45, 2.75) is 31.8 Å². The van der Waals surface area contributed by atoms with Gasteiger partial charge in [-0.2, -0.15) is 0 Å². The number of methoxy groups -OCH3 is 1. The number of β-amino-alcohol motifs (C(OH)–C–C–N with tert-alkyl or cyclic N) is 1. The fourth-order valence-corrected chi connectivity index (χ4v) is 3.27. The zero-order valence-electron chi connectivity index (χ0n) is 13.9. The smallest absolute Gasteiger partial charge is 0.236 e. The molecule has 2 aliphatic heterocycles. The summed E-state index contributed by atoms with van der Waals surface area (Å²) in [7, 11) is 1.74. The highest BCUT2D eigenvalue weighted by molar-refractivity contribution is 5.78. The van der Waals surface area contributed by atoms with Crippen LogP contribution in [0.2, 0.25) is 0 Å². The summed E-state index contributed by atoms with van der Waals surface area (Å²) in [6.45, 7) is 7.59. The maximum Gasteiger partial charge on any atom is 0.236 e. The van der Waals surface area contributed by atoms with Gasteiger partial charge in [0.05, 0.1) is 12.6 Å². The van der Waals surface area contributed by atoms with E-state index in [0.717, 1.165) is 71.6 Å². The van der Waals surface area contributed by atoms with Gasteiger partial charge in [0.2, 0.25) is 5.91 Å². The van der Waals surface area contributed by atoms with Crippen molar-refractivity contribution in [3.63, 3.8) is 0 Å². The van der Waals surface area contributed by atoms with Gasteiger partial charge >= 0.3 is 0 Å². The molecule has 2 aliphatic rings. The number of carbonyl (C=O) groups is 1. The van der Waals surface area contributed by atoms with Gasteiger partial charge in [-0.25, -0.2) is 0 Å². The highest BCUT2D eigenvalue weighted by Gasteiger charge is 2.24. The lowest BCUT2D eigenvalue weighted by atomic mass is 10.1. The number of aliphatic hydroxyl groups excluding tert-OH is 1. The number of rotatable bonds is 7. The van der Waals surface area contributed by atoms with Gasteiger partial charge in [0, 0.05) is 46.4 Å². The van der Waals surface area contributed by atoms with Crippen molar-refractivity contribution in [1.29, 1.82) is 0 Å². The highest BCUT2D eigenvalue weighted by atomic mass is 16.5. The largest absolute Gasteiger partial charge is 0.392 e. The Morgan fingerprint density at radius 3 is 2.59 bits per heavy atom. The van der Waals surface area contributed by atoms with Crippen molar-refractivity contribution in [3.05, 3.63) is 0 Å². The molecule has 6 heteroatoms. The average molecular weight is 313 g/mol. The first-order valence-electron chi connectivity index (χ1n) is 8.58. The van der Waals surface area contributed by atoms with E-state index in [4.69, 9.17) is 4.74 Å². The molecule has 2 saturated heterocycles. The Bertz CT molecular complexity index is 333. The first-order valence-corrected chi connectivity index (χ1v) is 8.58. The molecular weight excluding hydrogens is 282 g/mol. The minimum absolute atomic E-state index is 0.216. The van der Waals surface area contributed by atoms with E-state index in [1.165, 1.54) is 0 Å². The number of ether oxygens (including phenoxy) is 1. The Kier molecular flexibility index (Phi) is 7.59. The molecule has 0 radical (unpaired) electrons. The summed E-state index contributed by atoms with van der Waals surface area (Å²) >= 11 is 0. The number of piperazine rings is 1. The monoisotopic (exact) mass is 313 g/mol. The van der Waals surface area contributed by atoms with Crippen LogP contribution in [0, 0.1) is 0 Å². The summed E-state index contributed by atoms with van der Waals surface area (Å²) in [5.74, 6) is 0.216. The number of piperidine rings is 1. The SMILES string of the molecule is COCCCCN1CCN(C(=O)CN2CCC[C@@H](O)C2)CC1. The van der Waals surface area contributed by atoms with Crippen molar-refractivity contribution >= 4 is 5.91 Å². The first-order chi connectivity index (χ1) is 10.7. The molecule has 1 amide bonds. The number of aliphatic hydroxyl groups is 1. The quantitative estimate of drug-likeness (QED) is 0.671. The maximum absolute atomic E-state index is 12.3. The lowest BCUT2D eigenvalue weighted by molar-refractivity contribution is -0.134. The molecule has 0 aromatic carbocycles. The Morgan fingerprint density at radius 2 is 1.91 bits per heavy atom. The Morgan fingerprint density at radius 1 is 1.14 bits per heavy atom. The highest BCUT2D eigenvalue weighted by Crippen LogP contribution is 2.11. The molecule has 0 aromatic rings. The van der Waals surface area contributed by atoms with E-state index in [2.05, 4.69) is 9.80 Å². The van der Waals surface area contributed by atoms with Crippen LogP contribution in [0.15, 0.2) is 0 Å². The van der Waals surface area contributed by atoms with E-state index in [0.29, 0.717) is 13.1 Å². The van der Waals surface area contributed by atoms with Gasteiger partial charge in [0.15, 0.2) is 0 Å². The number of amides is 1. The molecule has 2 rings (SSSR count). The molecule has 0 spiro atoms. The predicted octanol–water partition coefficient (Wildman–Crippen LogP) is 0.0139. The Balaban J connectivity index is 1.62. The third-order valence-corrected chi connectivity index (χ3v) is 4.64. The van der Waals surface area contributed by atoms with Crippen LogP contribution in [-0.4, -0.2) is 97.9 Å². The molecule has 2 heterocycles. The predicted molar refractivity (Wildman–Crippen MR) is 85.8 cm³/mol. The third-order valence-electron chi connectivity index (χ3n) is 4.64.